The second-order valence-electron chi connectivity index (χ2n) is 6.30. The molecule has 0 amide bonds. The minimum atomic E-state index is -1.11. The predicted molar refractivity (Wildman–Crippen MR) is 78.5 cm³/mol. The van der Waals surface area contributed by atoms with Crippen LogP contribution >= 0.6 is 0 Å². The van der Waals surface area contributed by atoms with Crippen LogP contribution in [0.5, 0.6) is 0 Å². The summed E-state index contributed by atoms with van der Waals surface area (Å²) in [5.74, 6) is 0. The number of hydrogen-bond donors (Lipinski definition) is 0. The van der Waals surface area contributed by atoms with Crippen molar-refractivity contribution in [2.75, 3.05) is 14.2 Å². The summed E-state index contributed by atoms with van der Waals surface area (Å²) in [6.45, 7) is 14.7. The predicted octanol–water partition coefficient (Wildman–Crippen LogP) is 1.90. The summed E-state index contributed by atoms with van der Waals surface area (Å²) in [5.41, 5.74) is 0. The number of hydrogen-bond acceptors (Lipinski definition) is 2. The summed E-state index contributed by atoms with van der Waals surface area (Å²) >= 11 is 2.41. The molecular weight excluding hydrogens is 292 g/mol. The molecule has 0 radical (unpaired) electrons. The number of allylic oxidation sites excluding steroid dienone is 4. The topological polar surface area (TPSA) is 46.1 Å². The fraction of sp³-hybridized carbons (Fsp3) is 0.692. The monoisotopic (exact) mass is 319 g/mol. The van der Waals surface area contributed by atoms with Crippen LogP contribution in [0.3, 0.4) is 0 Å². The zero-order chi connectivity index (χ0) is 15.2. The molecule has 0 heterocycles. The van der Waals surface area contributed by atoms with E-state index in [1.165, 1.54) is 0 Å². The molecule has 0 aromatic heterocycles. The average molecular weight is 319 g/mol. The molecule has 103 valence electrons. The van der Waals surface area contributed by atoms with E-state index in [2.05, 4.69) is 77.9 Å². The van der Waals surface area contributed by atoms with Gasteiger partial charge in [0.25, 0.3) is 0 Å². The van der Waals surface area contributed by atoms with E-state index in [1.54, 1.807) is 5.20 Å². The molecule has 0 saturated heterocycles. The van der Waals surface area contributed by atoms with Crippen molar-refractivity contribution >= 4 is 16.1 Å². The van der Waals surface area contributed by atoms with Crippen molar-refractivity contribution < 1.29 is 30.6 Å². The maximum absolute atomic E-state index is 8.25. The fourth-order valence-corrected chi connectivity index (χ4v) is 4.65. The second-order valence-corrected chi connectivity index (χ2v) is 18.8. The third-order valence-electron chi connectivity index (χ3n) is 3.02. The van der Waals surface area contributed by atoms with Crippen LogP contribution in [0.4, 0.5) is 0 Å². The maximum atomic E-state index is 8.25. The molecule has 0 spiro atoms. The SMILES string of the molecule is C[O-].C[O-].C[Si](C)(C)C1=C[C]([Ti+2])([Si](C)(C)C)C=C1. The molecule has 0 saturated carbocycles. The van der Waals surface area contributed by atoms with Crippen LogP contribution in [0.1, 0.15) is 0 Å². The quantitative estimate of drug-likeness (QED) is 0.730. The van der Waals surface area contributed by atoms with Crippen molar-refractivity contribution in [1.82, 2.24) is 0 Å². The van der Waals surface area contributed by atoms with Crippen LogP contribution in [-0.2, 0) is 20.4 Å². The summed E-state index contributed by atoms with van der Waals surface area (Å²) in [4.78, 5) is 0. The van der Waals surface area contributed by atoms with Gasteiger partial charge in [0.15, 0.2) is 0 Å². The van der Waals surface area contributed by atoms with E-state index in [0.29, 0.717) is 3.34 Å². The fourth-order valence-electron chi connectivity index (χ4n) is 1.50. The average Bonchev–Trinajstić information content (AvgIpc) is 2.67. The Morgan fingerprint density at radius 3 is 1.50 bits per heavy atom. The van der Waals surface area contributed by atoms with Crippen LogP contribution < -0.4 is 10.2 Å². The molecule has 0 aliphatic heterocycles. The van der Waals surface area contributed by atoms with E-state index in [9.17, 15) is 0 Å². The van der Waals surface area contributed by atoms with Crippen molar-refractivity contribution in [1.29, 1.82) is 0 Å². The molecule has 0 aromatic carbocycles. The van der Waals surface area contributed by atoms with Crippen LogP contribution in [0.25, 0.3) is 0 Å². The molecule has 5 heteroatoms. The van der Waals surface area contributed by atoms with Gasteiger partial charge in [-0.1, -0.05) is 0 Å². The third kappa shape index (κ3) is 5.68. The molecular formula is C13H27O2Si2Ti. The Balaban J connectivity index is 0. The Hall–Kier alpha value is 0.548. The Labute approximate surface area is 127 Å². The van der Waals surface area contributed by atoms with Crippen molar-refractivity contribution in [2.24, 2.45) is 0 Å². The minimum absolute atomic E-state index is 0.391. The van der Waals surface area contributed by atoms with Crippen LogP contribution in [0.15, 0.2) is 23.4 Å². The van der Waals surface area contributed by atoms with Gasteiger partial charge in [0.1, 0.15) is 0 Å². The van der Waals surface area contributed by atoms with Gasteiger partial charge in [-0.15, -0.1) is 0 Å². The van der Waals surface area contributed by atoms with Gasteiger partial charge in [-0.25, -0.2) is 0 Å². The van der Waals surface area contributed by atoms with Crippen LogP contribution in [0.2, 0.25) is 42.6 Å². The number of rotatable bonds is 2. The van der Waals surface area contributed by atoms with Crippen molar-refractivity contribution in [3.63, 3.8) is 0 Å². The van der Waals surface area contributed by atoms with E-state index in [1.807, 2.05) is 0 Å². The van der Waals surface area contributed by atoms with E-state index >= 15 is 0 Å². The molecule has 0 aromatic rings. The van der Waals surface area contributed by atoms with Gasteiger partial charge in [0.2, 0.25) is 0 Å². The molecule has 1 rings (SSSR count). The van der Waals surface area contributed by atoms with Gasteiger partial charge in [0, 0.05) is 0 Å². The summed E-state index contributed by atoms with van der Waals surface area (Å²) in [5, 5.41) is 18.1. The molecule has 0 bridgehead atoms. The van der Waals surface area contributed by atoms with Gasteiger partial charge >= 0.3 is 103 Å². The van der Waals surface area contributed by atoms with E-state index in [0.717, 1.165) is 14.2 Å². The molecule has 18 heavy (non-hydrogen) atoms. The normalized spacial score (nSPS) is 22.6. The van der Waals surface area contributed by atoms with Crippen LogP contribution in [-0.4, -0.2) is 30.4 Å². The zero-order valence-electron chi connectivity index (χ0n) is 13.0. The van der Waals surface area contributed by atoms with E-state index in [-0.39, 0.29) is 0 Å². The first-order chi connectivity index (χ1) is 8.06. The third-order valence-corrected chi connectivity index (χ3v) is 11.9. The molecule has 2 nitrogen and oxygen atoms in total. The molecule has 1 unspecified atom stereocenters. The Kier molecular flexibility index (Phi) is 9.24. The second kappa shape index (κ2) is 7.97. The molecule has 0 N–H and O–H groups in total. The van der Waals surface area contributed by atoms with Gasteiger partial charge in [-0.05, 0) is 0 Å². The van der Waals surface area contributed by atoms with Crippen molar-refractivity contribution in [3.05, 3.63) is 23.4 Å². The standard InChI is InChI=1S/C11H21Si2.2CH3O.Ti/c1-12(2,3)10-7-8-11(9-10)13(4,5)6;2*1-2;/h7-9H,1-6H3;2*1H3;/q;2*-1;+2. The van der Waals surface area contributed by atoms with Gasteiger partial charge in [-0.2, -0.15) is 14.2 Å². The van der Waals surface area contributed by atoms with Gasteiger partial charge < -0.3 is 10.2 Å². The zero-order valence-corrected chi connectivity index (χ0v) is 16.6. The van der Waals surface area contributed by atoms with Crippen molar-refractivity contribution in [3.8, 4) is 0 Å². The summed E-state index contributed by atoms with van der Waals surface area (Å²) < 4.78 is 0.391. The Morgan fingerprint density at radius 2 is 1.33 bits per heavy atom. The van der Waals surface area contributed by atoms with Crippen LogP contribution in [0, 0.1) is 0 Å². The molecule has 1 aliphatic rings. The first kappa shape index (κ1) is 20.9. The summed E-state index contributed by atoms with van der Waals surface area (Å²) in [7, 11) is -0.705. The first-order valence-corrected chi connectivity index (χ1v) is 13.8. The van der Waals surface area contributed by atoms with Crippen molar-refractivity contribution in [2.45, 2.75) is 42.6 Å². The van der Waals surface area contributed by atoms with Gasteiger partial charge in [-0.3, -0.25) is 0 Å². The summed E-state index contributed by atoms with van der Waals surface area (Å²) in [6.07, 6.45) is 7.41. The molecule has 1 atom stereocenters. The van der Waals surface area contributed by atoms with Gasteiger partial charge in [0.05, 0.1) is 0 Å². The molecule has 1 aliphatic carbocycles. The van der Waals surface area contributed by atoms with E-state index in [4.69, 9.17) is 10.2 Å². The first-order valence-electron chi connectivity index (χ1n) is 6.05. The summed E-state index contributed by atoms with van der Waals surface area (Å²) in [6, 6.07) is 0. The molecule has 0 fully saturated rings. The Bertz CT molecular complexity index is 301. The van der Waals surface area contributed by atoms with E-state index < -0.39 is 16.1 Å². The Morgan fingerprint density at radius 1 is 0.944 bits per heavy atom.